The van der Waals surface area contributed by atoms with E-state index in [0.717, 1.165) is 5.01 Å². The molecule has 1 saturated heterocycles. The predicted octanol–water partition coefficient (Wildman–Crippen LogP) is 0.784. The summed E-state index contributed by atoms with van der Waals surface area (Å²) in [7, 11) is 0. The van der Waals surface area contributed by atoms with Crippen molar-refractivity contribution in [2.75, 3.05) is 0 Å². The predicted molar refractivity (Wildman–Crippen MR) is 68.8 cm³/mol. The van der Waals surface area contributed by atoms with Crippen molar-refractivity contribution in [1.82, 2.24) is 10.4 Å². The van der Waals surface area contributed by atoms with E-state index in [2.05, 4.69) is 31.2 Å². The SMILES string of the molecule is C=C/C=C(\C=C)C(=O)N1NC(=S)C(S)C1=O. The summed E-state index contributed by atoms with van der Waals surface area (Å²) in [6.45, 7) is 6.95. The maximum Gasteiger partial charge on any atom is 0.279 e. The molecule has 0 saturated carbocycles. The Labute approximate surface area is 104 Å². The number of hydrogen-bond donors (Lipinski definition) is 2. The van der Waals surface area contributed by atoms with Crippen molar-refractivity contribution in [3.05, 3.63) is 37.0 Å². The lowest BCUT2D eigenvalue weighted by Gasteiger charge is -2.13. The lowest BCUT2D eigenvalue weighted by Crippen LogP contribution is -2.41. The molecule has 2 amide bonds. The van der Waals surface area contributed by atoms with Gasteiger partial charge in [-0.25, -0.2) is 0 Å². The molecule has 0 radical (unpaired) electrons. The Morgan fingerprint density at radius 1 is 1.56 bits per heavy atom. The Bertz CT molecular complexity index is 415. The molecule has 0 spiro atoms. The molecule has 1 rings (SSSR count). The van der Waals surface area contributed by atoms with Crippen LogP contribution in [0, 0.1) is 0 Å². The number of rotatable bonds is 3. The van der Waals surface area contributed by atoms with Gasteiger partial charge in [0.15, 0.2) is 0 Å². The summed E-state index contributed by atoms with van der Waals surface area (Å²) in [6, 6.07) is 0. The molecule has 1 N–H and O–H groups in total. The number of imide groups is 1. The van der Waals surface area contributed by atoms with E-state index in [1.807, 2.05) is 0 Å². The first-order chi connectivity index (χ1) is 7.52. The Balaban J connectivity index is 2.95. The third-order valence-corrected chi connectivity index (χ3v) is 2.87. The fourth-order valence-electron chi connectivity index (χ4n) is 1.09. The van der Waals surface area contributed by atoms with Crippen LogP contribution >= 0.6 is 24.8 Å². The van der Waals surface area contributed by atoms with Crippen LogP contribution in [0.1, 0.15) is 0 Å². The second-order valence-corrected chi connectivity index (χ2v) is 3.88. The number of allylic oxidation sites excluding steroid dienone is 2. The number of nitrogens with one attached hydrogen (secondary N) is 1. The van der Waals surface area contributed by atoms with E-state index in [1.54, 1.807) is 0 Å². The molecule has 1 aliphatic rings. The molecule has 1 atom stereocenters. The van der Waals surface area contributed by atoms with Gasteiger partial charge in [0.05, 0.1) is 0 Å². The van der Waals surface area contributed by atoms with E-state index in [0.29, 0.717) is 0 Å². The van der Waals surface area contributed by atoms with Crippen molar-refractivity contribution in [3.8, 4) is 0 Å². The highest BCUT2D eigenvalue weighted by Crippen LogP contribution is 2.13. The zero-order valence-corrected chi connectivity index (χ0v) is 10.1. The number of nitrogens with zero attached hydrogens (tertiary/aromatic N) is 1. The van der Waals surface area contributed by atoms with Crippen molar-refractivity contribution in [3.63, 3.8) is 0 Å². The fourth-order valence-corrected chi connectivity index (χ4v) is 1.46. The lowest BCUT2D eigenvalue weighted by molar-refractivity contribution is -0.141. The van der Waals surface area contributed by atoms with Gasteiger partial charge in [0, 0.05) is 5.57 Å². The first-order valence-electron chi connectivity index (χ1n) is 4.35. The molecular weight excluding hydrogens is 244 g/mol. The number of hydrogen-bond acceptors (Lipinski definition) is 4. The highest BCUT2D eigenvalue weighted by Gasteiger charge is 2.38. The van der Waals surface area contributed by atoms with Gasteiger partial charge in [-0.2, -0.15) is 17.6 Å². The van der Waals surface area contributed by atoms with Gasteiger partial charge in [-0.05, 0) is 6.08 Å². The monoisotopic (exact) mass is 254 g/mol. The minimum absolute atomic E-state index is 0.212. The zero-order valence-electron chi connectivity index (χ0n) is 8.34. The van der Waals surface area contributed by atoms with Crippen molar-refractivity contribution < 1.29 is 9.59 Å². The van der Waals surface area contributed by atoms with Crippen LogP contribution < -0.4 is 5.43 Å². The zero-order chi connectivity index (χ0) is 12.3. The second-order valence-electron chi connectivity index (χ2n) is 2.92. The van der Waals surface area contributed by atoms with E-state index >= 15 is 0 Å². The number of hydrazine groups is 1. The summed E-state index contributed by atoms with van der Waals surface area (Å²) >= 11 is 8.81. The third kappa shape index (κ3) is 2.23. The summed E-state index contributed by atoms with van der Waals surface area (Å²) in [5.74, 6) is -1.02. The molecule has 0 aromatic rings. The van der Waals surface area contributed by atoms with Crippen LogP contribution in [0.4, 0.5) is 0 Å². The van der Waals surface area contributed by atoms with E-state index in [1.165, 1.54) is 18.2 Å². The van der Waals surface area contributed by atoms with Gasteiger partial charge in [0.2, 0.25) is 0 Å². The topological polar surface area (TPSA) is 49.4 Å². The third-order valence-electron chi connectivity index (χ3n) is 1.89. The Kier molecular flexibility index (Phi) is 4.03. The quantitative estimate of drug-likeness (QED) is 0.338. The smallest absolute Gasteiger partial charge is 0.279 e. The molecule has 84 valence electrons. The van der Waals surface area contributed by atoms with Crippen LogP contribution in [0.3, 0.4) is 0 Å². The molecule has 1 aliphatic heterocycles. The normalized spacial score (nSPS) is 20.7. The number of thiol groups is 1. The van der Waals surface area contributed by atoms with E-state index in [-0.39, 0.29) is 10.6 Å². The minimum Gasteiger partial charge on any atom is -0.280 e. The van der Waals surface area contributed by atoms with E-state index < -0.39 is 17.1 Å². The summed E-state index contributed by atoms with van der Waals surface area (Å²) in [5, 5.41) is 0.0607. The second kappa shape index (κ2) is 5.09. The van der Waals surface area contributed by atoms with E-state index in [9.17, 15) is 9.59 Å². The Morgan fingerprint density at radius 2 is 2.19 bits per heavy atom. The highest BCUT2D eigenvalue weighted by molar-refractivity contribution is 7.87. The Morgan fingerprint density at radius 3 is 2.56 bits per heavy atom. The summed E-state index contributed by atoms with van der Waals surface area (Å²) < 4.78 is 0. The number of carbonyl (C=O) groups excluding carboxylic acids is 2. The van der Waals surface area contributed by atoms with Crippen molar-refractivity contribution in [2.45, 2.75) is 5.25 Å². The molecular formula is C10H10N2O2S2. The van der Waals surface area contributed by atoms with Gasteiger partial charge < -0.3 is 0 Å². The van der Waals surface area contributed by atoms with Gasteiger partial charge in [-0.3, -0.25) is 15.0 Å². The van der Waals surface area contributed by atoms with Crippen molar-refractivity contribution in [1.29, 1.82) is 0 Å². The maximum absolute atomic E-state index is 11.8. The van der Waals surface area contributed by atoms with Crippen LogP contribution in [-0.4, -0.2) is 27.1 Å². The summed E-state index contributed by atoms with van der Waals surface area (Å²) in [4.78, 5) is 23.6. The molecule has 1 heterocycles. The molecule has 0 aliphatic carbocycles. The maximum atomic E-state index is 11.8. The molecule has 0 bridgehead atoms. The van der Waals surface area contributed by atoms with Gasteiger partial charge in [0.25, 0.3) is 11.8 Å². The van der Waals surface area contributed by atoms with Crippen molar-refractivity contribution >= 4 is 41.6 Å². The van der Waals surface area contributed by atoms with Crippen LogP contribution in [0.25, 0.3) is 0 Å². The molecule has 1 fully saturated rings. The van der Waals surface area contributed by atoms with Crippen LogP contribution in [0.5, 0.6) is 0 Å². The first-order valence-corrected chi connectivity index (χ1v) is 5.27. The molecule has 0 aromatic heterocycles. The van der Waals surface area contributed by atoms with Gasteiger partial charge in [-0.15, -0.1) is 0 Å². The average Bonchev–Trinajstić information content (AvgIpc) is 2.53. The van der Waals surface area contributed by atoms with Crippen molar-refractivity contribution in [2.24, 2.45) is 0 Å². The molecule has 1 unspecified atom stereocenters. The van der Waals surface area contributed by atoms with Gasteiger partial charge >= 0.3 is 0 Å². The van der Waals surface area contributed by atoms with Crippen LogP contribution in [0.15, 0.2) is 37.0 Å². The first kappa shape index (κ1) is 12.7. The minimum atomic E-state index is -0.770. The van der Waals surface area contributed by atoms with Crippen LogP contribution in [0.2, 0.25) is 0 Å². The summed E-state index contributed by atoms with van der Waals surface area (Å²) in [5.41, 5.74) is 2.74. The van der Waals surface area contributed by atoms with E-state index in [4.69, 9.17) is 12.2 Å². The fraction of sp³-hybridized carbons (Fsp3) is 0.100. The lowest BCUT2D eigenvalue weighted by atomic mass is 10.2. The Hall–Kier alpha value is -1.40. The number of carbonyl (C=O) groups is 2. The van der Waals surface area contributed by atoms with Gasteiger partial charge in [-0.1, -0.05) is 37.5 Å². The molecule has 4 nitrogen and oxygen atoms in total. The van der Waals surface area contributed by atoms with Crippen LogP contribution in [-0.2, 0) is 9.59 Å². The molecule has 6 heteroatoms. The van der Waals surface area contributed by atoms with Gasteiger partial charge in [0.1, 0.15) is 10.2 Å². The molecule has 16 heavy (non-hydrogen) atoms. The largest absolute Gasteiger partial charge is 0.280 e. The average molecular weight is 254 g/mol. The standard InChI is InChI=1S/C10H10N2O2S2/c1-3-5-6(4-2)9(13)12-10(14)7(15)8(16)11-12/h3-5,7,15H,1-2H2,(H,11,16)/b6-5+. The summed E-state index contributed by atoms with van der Waals surface area (Å²) in [6.07, 6.45) is 4.24. The number of thiocarbonyl (C=S) groups is 1. The molecule has 0 aromatic carbocycles. The number of amides is 2. The highest BCUT2D eigenvalue weighted by atomic mass is 32.1.